The summed E-state index contributed by atoms with van der Waals surface area (Å²) in [6.07, 6.45) is 3.54. The highest BCUT2D eigenvalue weighted by Gasteiger charge is 2.30. The second-order valence-electron chi connectivity index (χ2n) is 7.41. The van der Waals surface area contributed by atoms with E-state index in [0.717, 1.165) is 22.7 Å². The molecule has 0 saturated heterocycles. The molecule has 1 heterocycles. The molecular formula is C22H25FN4O2. The van der Waals surface area contributed by atoms with Gasteiger partial charge in [0.2, 0.25) is 5.91 Å². The smallest absolute Gasteiger partial charge is 0.247 e. The van der Waals surface area contributed by atoms with Crippen LogP contribution in [0.5, 0.6) is 5.75 Å². The van der Waals surface area contributed by atoms with Gasteiger partial charge in [0, 0.05) is 31.0 Å². The van der Waals surface area contributed by atoms with E-state index < -0.39 is 5.54 Å². The van der Waals surface area contributed by atoms with Crippen LogP contribution in [0.25, 0.3) is 5.69 Å². The van der Waals surface area contributed by atoms with Crippen LogP contribution >= 0.6 is 0 Å². The molecule has 29 heavy (non-hydrogen) atoms. The summed E-state index contributed by atoms with van der Waals surface area (Å²) in [5.74, 6) is 0.413. The summed E-state index contributed by atoms with van der Waals surface area (Å²) in [4.78, 5) is 14.6. The van der Waals surface area contributed by atoms with Crippen molar-refractivity contribution in [3.8, 4) is 11.4 Å². The first-order chi connectivity index (χ1) is 13.8. The first-order valence-electron chi connectivity index (χ1n) is 9.26. The van der Waals surface area contributed by atoms with Gasteiger partial charge in [-0.15, -0.1) is 0 Å². The van der Waals surface area contributed by atoms with Crippen molar-refractivity contribution in [2.45, 2.75) is 25.9 Å². The summed E-state index contributed by atoms with van der Waals surface area (Å²) in [6, 6.07) is 13.5. The molecule has 1 amide bonds. The molecule has 0 spiro atoms. The molecule has 0 aliphatic rings. The molecule has 2 aromatic carbocycles. The Balaban J connectivity index is 1.65. The van der Waals surface area contributed by atoms with Crippen molar-refractivity contribution in [2.75, 3.05) is 19.5 Å². The zero-order valence-electron chi connectivity index (χ0n) is 17.0. The third-order valence-electron chi connectivity index (χ3n) is 4.58. The van der Waals surface area contributed by atoms with Gasteiger partial charge < -0.3 is 15.0 Å². The minimum atomic E-state index is -0.795. The van der Waals surface area contributed by atoms with Crippen LogP contribution in [0, 0.1) is 5.82 Å². The summed E-state index contributed by atoms with van der Waals surface area (Å²) in [6.45, 7) is 4.10. The van der Waals surface area contributed by atoms with Gasteiger partial charge >= 0.3 is 0 Å². The van der Waals surface area contributed by atoms with Crippen LogP contribution in [-0.4, -0.2) is 40.3 Å². The molecule has 1 aromatic heterocycles. The number of likely N-dealkylation sites (N-methyl/N-ethyl adjacent to an activating group) is 1. The Labute approximate surface area is 169 Å². The van der Waals surface area contributed by atoms with Gasteiger partial charge in [0.05, 0.1) is 19.0 Å². The lowest BCUT2D eigenvalue weighted by atomic mass is 10.0. The van der Waals surface area contributed by atoms with E-state index in [4.69, 9.17) is 4.74 Å². The maximum Gasteiger partial charge on any atom is 0.247 e. The van der Waals surface area contributed by atoms with E-state index in [1.165, 1.54) is 12.1 Å². The van der Waals surface area contributed by atoms with Crippen molar-refractivity contribution >= 4 is 11.6 Å². The third kappa shape index (κ3) is 4.93. The van der Waals surface area contributed by atoms with Gasteiger partial charge in [0.1, 0.15) is 17.1 Å². The first-order valence-corrected chi connectivity index (χ1v) is 9.26. The second kappa shape index (κ2) is 8.34. The first kappa shape index (κ1) is 20.4. The molecule has 0 fully saturated rings. The molecule has 0 radical (unpaired) electrons. The van der Waals surface area contributed by atoms with Gasteiger partial charge in [-0.2, -0.15) is 5.10 Å². The number of methoxy groups -OCH3 is 1. The lowest BCUT2D eigenvalue weighted by Crippen LogP contribution is -2.48. The van der Waals surface area contributed by atoms with E-state index >= 15 is 0 Å². The van der Waals surface area contributed by atoms with Crippen LogP contribution in [0.15, 0.2) is 60.9 Å². The van der Waals surface area contributed by atoms with Crippen LogP contribution in [0.2, 0.25) is 0 Å². The van der Waals surface area contributed by atoms with Crippen LogP contribution in [0.4, 0.5) is 10.1 Å². The summed E-state index contributed by atoms with van der Waals surface area (Å²) in [5, 5.41) is 7.57. The average molecular weight is 396 g/mol. The highest BCUT2D eigenvalue weighted by molar-refractivity contribution is 5.88. The molecule has 0 unspecified atom stereocenters. The zero-order valence-corrected chi connectivity index (χ0v) is 17.0. The van der Waals surface area contributed by atoms with E-state index in [0.29, 0.717) is 6.54 Å². The molecule has 0 bridgehead atoms. The lowest BCUT2D eigenvalue weighted by Gasteiger charge is -2.31. The lowest BCUT2D eigenvalue weighted by molar-refractivity contribution is -0.134. The number of anilines is 1. The van der Waals surface area contributed by atoms with Crippen molar-refractivity contribution in [2.24, 2.45) is 0 Å². The maximum atomic E-state index is 13.1. The molecular weight excluding hydrogens is 371 g/mol. The van der Waals surface area contributed by atoms with Crippen molar-refractivity contribution in [3.63, 3.8) is 0 Å². The molecule has 6 nitrogen and oxygen atoms in total. The Hall–Kier alpha value is -3.35. The van der Waals surface area contributed by atoms with E-state index in [9.17, 15) is 9.18 Å². The number of carbonyl (C=O) groups excluding carboxylic acids is 1. The largest absolute Gasteiger partial charge is 0.497 e. The summed E-state index contributed by atoms with van der Waals surface area (Å²) in [5.41, 5.74) is 1.68. The number of hydrogen-bond donors (Lipinski definition) is 1. The minimum absolute atomic E-state index is 0.0529. The predicted molar refractivity (Wildman–Crippen MR) is 111 cm³/mol. The SMILES string of the molecule is COc1ccc(NC(C)(C)C(=O)N(C)Cc2cnn(-c3ccc(F)cc3)c2)cc1. The Morgan fingerprint density at radius 1 is 1.17 bits per heavy atom. The molecule has 152 valence electrons. The molecule has 0 aliphatic heterocycles. The maximum absolute atomic E-state index is 13.1. The van der Waals surface area contributed by atoms with Crippen LogP contribution in [0.3, 0.4) is 0 Å². The van der Waals surface area contributed by atoms with E-state index in [1.807, 2.05) is 44.3 Å². The van der Waals surface area contributed by atoms with Crippen molar-refractivity contribution in [1.82, 2.24) is 14.7 Å². The van der Waals surface area contributed by atoms with Crippen LogP contribution < -0.4 is 10.1 Å². The number of benzene rings is 2. The van der Waals surface area contributed by atoms with Crippen molar-refractivity contribution in [3.05, 3.63) is 72.3 Å². The Morgan fingerprint density at radius 3 is 2.45 bits per heavy atom. The van der Waals surface area contributed by atoms with Gasteiger partial charge in [-0.1, -0.05) is 0 Å². The number of nitrogens with zero attached hydrogens (tertiary/aromatic N) is 3. The molecule has 0 atom stereocenters. The number of aromatic nitrogens is 2. The van der Waals surface area contributed by atoms with Crippen molar-refractivity contribution < 1.29 is 13.9 Å². The zero-order chi connectivity index (χ0) is 21.0. The molecule has 0 aliphatic carbocycles. The van der Waals surface area contributed by atoms with Crippen LogP contribution in [-0.2, 0) is 11.3 Å². The Kier molecular flexibility index (Phi) is 5.87. The number of hydrogen-bond acceptors (Lipinski definition) is 4. The highest BCUT2D eigenvalue weighted by atomic mass is 19.1. The van der Waals surface area contributed by atoms with E-state index in [1.54, 1.807) is 42.1 Å². The summed E-state index contributed by atoms with van der Waals surface area (Å²) < 4.78 is 19.9. The normalized spacial score (nSPS) is 11.2. The molecule has 3 aromatic rings. The number of rotatable bonds is 7. The number of nitrogens with one attached hydrogen (secondary N) is 1. The quantitative estimate of drug-likeness (QED) is 0.659. The average Bonchev–Trinajstić information content (AvgIpc) is 3.16. The number of amides is 1. The van der Waals surface area contributed by atoms with Gasteiger partial charge in [-0.25, -0.2) is 9.07 Å². The van der Waals surface area contributed by atoms with E-state index in [-0.39, 0.29) is 11.7 Å². The number of ether oxygens (including phenoxy) is 1. The summed E-state index contributed by atoms with van der Waals surface area (Å²) in [7, 11) is 3.37. The summed E-state index contributed by atoms with van der Waals surface area (Å²) >= 11 is 0. The van der Waals surface area contributed by atoms with Crippen molar-refractivity contribution in [1.29, 1.82) is 0 Å². The van der Waals surface area contributed by atoms with E-state index in [2.05, 4.69) is 10.4 Å². The number of carbonyl (C=O) groups is 1. The monoisotopic (exact) mass is 396 g/mol. The minimum Gasteiger partial charge on any atom is -0.497 e. The Morgan fingerprint density at radius 2 is 1.83 bits per heavy atom. The molecule has 0 saturated carbocycles. The molecule has 1 N–H and O–H groups in total. The topological polar surface area (TPSA) is 59.4 Å². The third-order valence-corrected chi connectivity index (χ3v) is 4.58. The Bertz CT molecular complexity index is 965. The standard InChI is InChI=1S/C22H25FN4O2/c1-22(2,25-18-7-11-20(29-4)12-8-18)21(28)26(3)14-16-13-24-27(15-16)19-9-5-17(23)6-10-19/h5-13,15,25H,14H2,1-4H3. The molecule has 7 heteroatoms. The van der Waals surface area contributed by atoms with Gasteiger partial charge in [0.25, 0.3) is 0 Å². The fourth-order valence-electron chi connectivity index (χ4n) is 3.09. The fraction of sp³-hybridized carbons (Fsp3) is 0.273. The highest BCUT2D eigenvalue weighted by Crippen LogP contribution is 2.21. The fourth-order valence-corrected chi connectivity index (χ4v) is 3.09. The molecule has 3 rings (SSSR count). The number of halogens is 1. The predicted octanol–water partition coefficient (Wildman–Crippen LogP) is 3.87. The van der Waals surface area contributed by atoms with Gasteiger partial charge in [0.15, 0.2) is 0 Å². The second-order valence-corrected chi connectivity index (χ2v) is 7.41. The van der Waals surface area contributed by atoms with Gasteiger partial charge in [-0.05, 0) is 62.4 Å². The van der Waals surface area contributed by atoms with Crippen LogP contribution in [0.1, 0.15) is 19.4 Å². The van der Waals surface area contributed by atoms with Gasteiger partial charge in [-0.3, -0.25) is 4.79 Å².